The zero-order valence-electron chi connectivity index (χ0n) is 7.72. The van der Waals surface area contributed by atoms with Crippen LogP contribution in [0.3, 0.4) is 0 Å². The van der Waals surface area contributed by atoms with Gasteiger partial charge in [-0.25, -0.2) is 0 Å². The SMILES string of the molecule is CCc1ccc(C)c2c1C=CC2.[HH]. The summed E-state index contributed by atoms with van der Waals surface area (Å²) in [7, 11) is 0. The van der Waals surface area contributed by atoms with E-state index in [1.165, 1.54) is 22.3 Å². The van der Waals surface area contributed by atoms with Crippen molar-refractivity contribution in [1.82, 2.24) is 0 Å². The molecule has 1 aliphatic rings. The molecule has 64 valence electrons. The fourth-order valence-corrected chi connectivity index (χ4v) is 1.90. The molecule has 0 bridgehead atoms. The molecule has 0 N–H and O–H groups in total. The molecule has 0 atom stereocenters. The van der Waals surface area contributed by atoms with E-state index in [4.69, 9.17) is 0 Å². The minimum Gasteiger partial charge on any atom is -0.0795 e. The Hall–Kier alpha value is -1.04. The largest absolute Gasteiger partial charge is 0.0795 e. The summed E-state index contributed by atoms with van der Waals surface area (Å²) in [6, 6.07) is 4.49. The van der Waals surface area contributed by atoms with Gasteiger partial charge in [0.2, 0.25) is 0 Å². The van der Waals surface area contributed by atoms with Crippen molar-refractivity contribution in [3.8, 4) is 0 Å². The van der Waals surface area contributed by atoms with Crippen LogP contribution in [0, 0.1) is 6.92 Å². The first-order valence-corrected chi connectivity index (χ1v) is 4.61. The summed E-state index contributed by atoms with van der Waals surface area (Å²) in [4.78, 5) is 0. The van der Waals surface area contributed by atoms with Crippen molar-refractivity contribution in [3.63, 3.8) is 0 Å². The maximum absolute atomic E-state index is 2.27. The molecule has 1 aromatic rings. The smallest absolute Gasteiger partial charge is 0 e. The van der Waals surface area contributed by atoms with E-state index in [9.17, 15) is 0 Å². The van der Waals surface area contributed by atoms with E-state index in [-0.39, 0.29) is 1.43 Å². The third-order valence-corrected chi connectivity index (χ3v) is 2.67. The lowest BCUT2D eigenvalue weighted by atomic mass is 9.97. The molecule has 0 aromatic heterocycles. The highest BCUT2D eigenvalue weighted by Crippen LogP contribution is 2.26. The van der Waals surface area contributed by atoms with Gasteiger partial charge in [0, 0.05) is 1.43 Å². The van der Waals surface area contributed by atoms with Crippen LogP contribution in [0.4, 0.5) is 0 Å². The molecule has 0 spiro atoms. The molecule has 0 nitrogen and oxygen atoms in total. The van der Waals surface area contributed by atoms with E-state index < -0.39 is 0 Å². The number of hydrogen-bond acceptors (Lipinski definition) is 0. The maximum Gasteiger partial charge on any atom is 0 e. The van der Waals surface area contributed by atoms with Gasteiger partial charge in [0.05, 0.1) is 0 Å². The lowest BCUT2D eigenvalue weighted by Gasteiger charge is -2.07. The predicted octanol–water partition coefficient (Wildman–Crippen LogP) is 3.37. The molecule has 1 aliphatic carbocycles. The fourth-order valence-electron chi connectivity index (χ4n) is 1.90. The molecular formula is C12H16. The monoisotopic (exact) mass is 160 g/mol. The van der Waals surface area contributed by atoms with Gasteiger partial charge in [0.25, 0.3) is 0 Å². The van der Waals surface area contributed by atoms with Gasteiger partial charge < -0.3 is 0 Å². The highest BCUT2D eigenvalue weighted by molar-refractivity contribution is 5.65. The Balaban J connectivity index is 0.000000845. The molecule has 0 radical (unpaired) electrons. The Labute approximate surface area is 75.4 Å². The van der Waals surface area contributed by atoms with Crippen LogP contribution in [0.1, 0.15) is 30.6 Å². The van der Waals surface area contributed by atoms with Crippen molar-refractivity contribution in [2.75, 3.05) is 0 Å². The second kappa shape index (κ2) is 2.78. The summed E-state index contributed by atoms with van der Waals surface area (Å²) in [5.74, 6) is 0. The topological polar surface area (TPSA) is 0 Å². The van der Waals surface area contributed by atoms with E-state index in [2.05, 4.69) is 38.1 Å². The lowest BCUT2D eigenvalue weighted by molar-refractivity contribution is 1.11. The predicted molar refractivity (Wildman–Crippen MR) is 55.4 cm³/mol. The van der Waals surface area contributed by atoms with Crippen molar-refractivity contribution < 1.29 is 1.43 Å². The molecule has 0 fully saturated rings. The van der Waals surface area contributed by atoms with Crippen LogP contribution in [0.25, 0.3) is 6.08 Å². The lowest BCUT2D eigenvalue weighted by Crippen LogP contribution is -1.92. The van der Waals surface area contributed by atoms with Gasteiger partial charge in [-0.15, -0.1) is 0 Å². The van der Waals surface area contributed by atoms with Crippen LogP contribution in [0.5, 0.6) is 0 Å². The van der Waals surface area contributed by atoms with Crippen LogP contribution >= 0.6 is 0 Å². The molecule has 0 saturated heterocycles. The Morgan fingerprint density at radius 3 is 3.00 bits per heavy atom. The van der Waals surface area contributed by atoms with Gasteiger partial charge in [0.15, 0.2) is 0 Å². The van der Waals surface area contributed by atoms with Gasteiger partial charge in [-0.05, 0) is 42.0 Å². The highest BCUT2D eigenvalue weighted by atomic mass is 14.1. The number of benzene rings is 1. The van der Waals surface area contributed by atoms with Gasteiger partial charge in [0.1, 0.15) is 0 Å². The van der Waals surface area contributed by atoms with Crippen LogP contribution in [-0.4, -0.2) is 0 Å². The molecule has 12 heavy (non-hydrogen) atoms. The third kappa shape index (κ3) is 0.989. The average Bonchev–Trinajstić information content (AvgIpc) is 2.54. The minimum absolute atomic E-state index is 0. The highest BCUT2D eigenvalue weighted by Gasteiger charge is 2.10. The van der Waals surface area contributed by atoms with E-state index in [1.807, 2.05) is 0 Å². The first-order chi connectivity index (χ1) is 5.83. The van der Waals surface area contributed by atoms with Gasteiger partial charge in [-0.1, -0.05) is 31.2 Å². The van der Waals surface area contributed by atoms with Crippen molar-refractivity contribution >= 4 is 6.08 Å². The Kier molecular flexibility index (Phi) is 1.76. The number of allylic oxidation sites excluding steroid dienone is 1. The molecule has 0 amide bonds. The number of rotatable bonds is 1. The maximum atomic E-state index is 2.27. The Morgan fingerprint density at radius 2 is 2.25 bits per heavy atom. The van der Waals surface area contributed by atoms with Crippen molar-refractivity contribution in [1.29, 1.82) is 0 Å². The molecular weight excluding hydrogens is 144 g/mol. The third-order valence-electron chi connectivity index (χ3n) is 2.67. The number of fused-ring (bicyclic) bond motifs is 1. The summed E-state index contributed by atoms with van der Waals surface area (Å²) >= 11 is 0. The van der Waals surface area contributed by atoms with Crippen molar-refractivity contribution in [3.05, 3.63) is 40.5 Å². The molecule has 0 unspecified atom stereocenters. The standard InChI is InChI=1S/C12H14.H2/c1-3-10-8-7-9(2)11-5-4-6-12(10)11;/h4,6-8H,3,5H2,1-2H3;1H. The fraction of sp³-hybridized carbons (Fsp3) is 0.333. The van der Waals surface area contributed by atoms with Gasteiger partial charge in [-0.2, -0.15) is 0 Å². The molecule has 0 saturated carbocycles. The average molecular weight is 160 g/mol. The second-order valence-corrected chi connectivity index (χ2v) is 3.39. The van der Waals surface area contributed by atoms with Crippen molar-refractivity contribution in [2.45, 2.75) is 26.7 Å². The van der Waals surface area contributed by atoms with E-state index in [1.54, 1.807) is 0 Å². The van der Waals surface area contributed by atoms with Crippen LogP contribution in [0.2, 0.25) is 0 Å². The van der Waals surface area contributed by atoms with Crippen molar-refractivity contribution in [2.24, 2.45) is 0 Å². The van der Waals surface area contributed by atoms with E-state index in [0.29, 0.717) is 0 Å². The summed E-state index contributed by atoms with van der Waals surface area (Å²) in [5.41, 5.74) is 5.95. The molecule has 1 aromatic carbocycles. The van der Waals surface area contributed by atoms with Crippen LogP contribution in [0.15, 0.2) is 18.2 Å². The van der Waals surface area contributed by atoms with Gasteiger partial charge >= 0.3 is 0 Å². The minimum atomic E-state index is 0. The van der Waals surface area contributed by atoms with E-state index in [0.717, 1.165) is 12.8 Å². The van der Waals surface area contributed by atoms with Gasteiger partial charge in [-0.3, -0.25) is 0 Å². The van der Waals surface area contributed by atoms with Crippen LogP contribution in [-0.2, 0) is 12.8 Å². The molecule has 0 aliphatic heterocycles. The molecule has 2 rings (SSSR count). The quantitative estimate of drug-likeness (QED) is 0.591. The molecule has 0 heteroatoms. The summed E-state index contributed by atoms with van der Waals surface area (Å²) in [6.07, 6.45) is 6.81. The molecule has 0 heterocycles. The summed E-state index contributed by atoms with van der Waals surface area (Å²) in [5, 5.41) is 0. The normalized spacial score (nSPS) is 13.5. The number of hydrogen-bond donors (Lipinski definition) is 0. The second-order valence-electron chi connectivity index (χ2n) is 3.39. The summed E-state index contributed by atoms with van der Waals surface area (Å²) < 4.78 is 0. The zero-order chi connectivity index (χ0) is 8.55. The Morgan fingerprint density at radius 1 is 1.42 bits per heavy atom. The Bertz CT molecular complexity index is 337. The first-order valence-electron chi connectivity index (χ1n) is 4.61. The van der Waals surface area contributed by atoms with E-state index >= 15 is 0 Å². The first kappa shape index (κ1) is 7.60. The number of aryl methyl sites for hydroxylation is 2. The zero-order valence-corrected chi connectivity index (χ0v) is 7.72. The van der Waals surface area contributed by atoms with Crippen LogP contribution < -0.4 is 0 Å². The summed E-state index contributed by atoms with van der Waals surface area (Å²) in [6.45, 7) is 4.42.